The van der Waals surface area contributed by atoms with Crippen molar-refractivity contribution in [1.82, 2.24) is 9.97 Å². The van der Waals surface area contributed by atoms with Gasteiger partial charge in [0.15, 0.2) is 0 Å². The second-order valence-corrected chi connectivity index (χ2v) is 5.41. The Balaban J connectivity index is 2.37. The van der Waals surface area contributed by atoms with Crippen LogP contribution in [0.25, 0.3) is 22.3 Å². The zero-order chi connectivity index (χ0) is 18.9. The minimum Gasteiger partial charge on any atom is -0.265 e. The molecule has 8 heteroatoms. The third kappa shape index (κ3) is 3.54. The van der Waals surface area contributed by atoms with Gasteiger partial charge >= 0.3 is 12.4 Å². The van der Waals surface area contributed by atoms with Crippen LogP contribution in [0.4, 0.5) is 26.3 Å². The quantitative estimate of drug-likeness (QED) is 0.531. The van der Waals surface area contributed by atoms with E-state index >= 15 is 0 Å². The maximum atomic E-state index is 13.5. The number of aromatic nitrogens is 2. The van der Waals surface area contributed by atoms with Gasteiger partial charge in [0.25, 0.3) is 0 Å². The van der Waals surface area contributed by atoms with Crippen LogP contribution in [0.15, 0.2) is 61.2 Å². The van der Waals surface area contributed by atoms with E-state index in [4.69, 9.17) is 0 Å². The Hall–Kier alpha value is -2.90. The predicted octanol–water partition coefficient (Wildman–Crippen LogP) is 5.85. The molecule has 26 heavy (non-hydrogen) atoms. The van der Waals surface area contributed by atoms with E-state index in [-0.39, 0.29) is 11.1 Å². The molecular weight excluding hydrogens is 358 g/mol. The number of halogens is 6. The summed E-state index contributed by atoms with van der Waals surface area (Å²) in [6, 6.07) is 6.00. The molecule has 0 N–H and O–H groups in total. The van der Waals surface area contributed by atoms with Gasteiger partial charge in [0.05, 0.1) is 11.1 Å². The van der Waals surface area contributed by atoms with Crippen molar-refractivity contribution in [3.8, 4) is 22.3 Å². The van der Waals surface area contributed by atoms with Crippen LogP contribution >= 0.6 is 0 Å². The van der Waals surface area contributed by atoms with E-state index in [2.05, 4.69) is 9.97 Å². The van der Waals surface area contributed by atoms with Gasteiger partial charge in [-0.25, -0.2) is 0 Å². The Morgan fingerprint density at radius 1 is 0.538 bits per heavy atom. The lowest BCUT2D eigenvalue weighted by Gasteiger charge is -2.20. The minimum absolute atomic E-state index is 0.000830. The topological polar surface area (TPSA) is 25.8 Å². The molecule has 0 aliphatic heterocycles. The maximum Gasteiger partial charge on any atom is 0.417 e. The summed E-state index contributed by atoms with van der Waals surface area (Å²) in [6.45, 7) is 0. The summed E-state index contributed by atoms with van der Waals surface area (Å²) in [5.41, 5.74) is -3.40. The molecule has 1 aromatic carbocycles. The summed E-state index contributed by atoms with van der Waals surface area (Å²) in [6.07, 6.45) is -4.77. The second kappa shape index (κ2) is 6.44. The van der Waals surface area contributed by atoms with Gasteiger partial charge < -0.3 is 0 Å². The Morgan fingerprint density at radius 3 is 1.12 bits per heavy atom. The van der Waals surface area contributed by atoms with Crippen LogP contribution in [-0.4, -0.2) is 9.97 Å². The highest BCUT2D eigenvalue weighted by molar-refractivity contribution is 5.77. The van der Waals surface area contributed by atoms with Crippen LogP contribution < -0.4 is 0 Å². The molecule has 2 aromatic heterocycles. The van der Waals surface area contributed by atoms with E-state index in [0.29, 0.717) is 12.1 Å². The van der Waals surface area contributed by atoms with Gasteiger partial charge in [0.2, 0.25) is 0 Å². The van der Waals surface area contributed by atoms with Gasteiger partial charge in [-0.15, -0.1) is 0 Å². The van der Waals surface area contributed by atoms with E-state index < -0.39 is 34.6 Å². The standard InChI is InChI=1S/C18H10F6N2/c19-17(20,21)15-10-14(12-3-7-26-8-4-12)16(18(22,23)24)9-13(15)11-1-5-25-6-2-11/h1-10H. The molecule has 0 saturated carbocycles. The van der Waals surface area contributed by atoms with Gasteiger partial charge in [0.1, 0.15) is 0 Å². The average Bonchev–Trinajstić information content (AvgIpc) is 2.60. The summed E-state index contributed by atoms with van der Waals surface area (Å²) < 4.78 is 81.3. The first kappa shape index (κ1) is 17.9. The van der Waals surface area contributed by atoms with Crippen molar-refractivity contribution in [2.75, 3.05) is 0 Å². The van der Waals surface area contributed by atoms with Crippen molar-refractivity contribution < 1.29 is 26.3 Å². The first-order valence-corrected chi connectivity index (χ1v) is 7.31. The van der Waals surface area contributed by atoms with Crippen molar-refractivity contribution in [2.45, 2.75) is 12.4 Å². The molecular formula is C18H10F6N2. The van der Waals surface area contributed by atoms with Gasteiger partial charge in [0, 0.05) is 24.8 Å². The van der Waals surface area contributed by atoms with Crippen LogP contribution in [0.3, 0.4) is 0 Å². The third-order valence-electron chi connectivity index (χ3n) is 3.75. The predicted molar refractivity (Wildman–Crippen MR) is 82.9 cm³/mol. The molecule has 0 radical (unpaired) electrons. The van der Waals surface area contributed by atoms with Crippen molar-refractivity contribution in [1.29, 1.82) is 0 Å². The first-order chi connectivity index (χ1) is 12.2. The molecule has 0 atom stereocenters. The zero-order valence-corrected chi connectivity index (χ0v) is 12.9. The van der Waals surface area contributed by atoms with Crippen LogP contribution in [-0.2, 0) is 12.4 Å². The highest BCUT2D eigenvalue weighted by atomic mass is 19.4. The number of hydrogen-bond donors (Lipinski definition) is 0. The van der Waals surface area contributed by atoms with Crippen molar-refractivity contribution in [3.63, 3.8) is 0 Å². The summed E-state index contributed by atoms with van der Waals surface area (Å²) in [7, 11) is 0. The molecule has 0 bridgehead atoms. The smallest absolute Gasteiger partial charge is 0.265 e. The van der Waals surface area contributed by atoms with Crippen LogP contribution in [0.5, 0.6) is 0 Å². The molecule has 0 unspecified atom stereocenters. The van der Waals surface area contributed by atoms with Crippen LogP contribution in [0.2, 0.25) is 0 Å². The molecule has 3 rings (SSSR count). The lowest BCUT2D eigenvalue weighted by Crippen LogP contribution is -2.13. The summed E-state index contributed by atoms with van der Waals surface area (Å²) in [5.74, 6) is 0. The fourth-order valence-electron chi connectivity index (χ4n) is 2.61. The van der Waals surface area contributed by atoms with Gasteiger partial charge in [-0.1, -0.05) is 0 Å². The number of hydrogen-bond acceptors (Lipinski definition) is 2. The molecule has 2 nitrogen and oxygen atoms in total. The average molecular weight is 368 g/mol. The monoisotopic (exact) mass is 368 g/mol. The fourth-order valence-corrected chi connectivity index (χ4v) is 2.61. The second-order valence-electron chi connectivity index (χ2n) is 5.41. The highest BCUT2D eigenvalue weighted by Gasteiger charge is 2.39. The van der Waals surface area contributed by atoms with Gasteiger partial charge in [-0.3, -0.25) is 9.97 Å². The number of nitrogens with zero attached hydrogens (tertiary/aromatic N) is 2. The van der Waals surface area contributed by atoms with E-state index in [9.17, 15) is 26.3 Å². The Kier molecular flexibility index (Phi) is 4.43. The molecule has 0 fully saturated rings. The zero-order valence-electron chi connectivity index (χ0n) is 12.9. The Morgan fingerprint density at radius 2 is 0.846 bits per heavy atom. The summed E-state index contributed by atoms with van der Waals surface area (Å²) >= 11 is 0. The summed E-state index contributed by atoms with van der Waals surface area (Å²) in [5, 5.41) is 0. The molecule has 3 aromatic rings. The highest BCUT2D eigenvalue weighted by Crippen LogP contribution is 2.45. The van der Waals surface area contributed by atoms with Crippen LogP contribution in [0, 0.1) is 0 Å². The van der Waals surface area contributed by atoms with Gasteiger partial charge in [-0.2, -0.15) is 26.3 Å². The Labute approximate surface area is 144 Å². The van der Waals surface area contributed by atoms with Crippen molar-refractivity contribution in [3.05, 3.63) is 72.3 Å². The number of rotatable bonds is 2. The van der Waals surface area contributed by atoms with E-state index in [1.54, 1.807) is 0 Å². The SMILES string of the molecule is FC(F)(F)c1cc(-c2ccncc2)c(C(F)(F)F)cc1-c1ccncc1. The molecule has 2 heterocycles. The first-order valence-electron chi connectivity index (χ1n) is 7.31. The van der Waals surface area contributed by atoms with Crippen LogP contribution in [0.1, 0.15) is 11.1 Å². The van der Waals surface area contributed by atoms with Crippen molar-refractivity contribution >= 4 is 0 Å². The number of alkyl halides is 6. The molecule has 0 amide bonds. The lowest BCUT2D eigenvalue weighted by atomic mass is 9.90. The van der Waals surface area contributed by atoms with E-state index in [1.807, 2.05) is 0 Å². The minimum atomic E-state index is -4.83. The van der Waals surface area contributed by atoms with E-state index in [1.165, 1.54) is 49.1 Å². The molecule has 0 saturated heterocycles. The molecule has 0 spiro atoms. The lowest BCUT2D eigenvalue weighted by molar-refractivity contribution is -0.140. The maximum absolute atomic E-state index is 13.5. The number of pyridine rings is 2. The largest absolute Gasteiger partial charge is 0.417 e. The molecule has 134 valence electrons. The third-order valence-corrected chi connectivity index (χ3v) is 3.75. The van der Waals surface area contributed by atoms with E-state index in [0.717, 1.165) is 0 Å². The number of benzene rings is 1. The fraction of sp³-hybridized carbons (Fsp3) is 0.111. The molecule has 0 aliphatic rings. The van der Waals surface area contributed by atoms with Crippen molar-refractivity contribution in [2.24, 2.45) is 0 Å². The van der Waals surface area contributed by atoms with Gasteiger partial charge in [-0.05, 0) is 58.7 Å². The normalized spacial score (nSPS) is 12.2. The Bertz CT molecular complexity index is 825. The molecule has 0 aliphatic carbocycles. The summed E-state index contributed by atoms with van der Waals surface area (Å²) in [4.78, 5) is 7.38.